The third-order valence-corrected chi connectivity index (χ3v) is 5.80. The van der Waals surface area contributed by atoms with Crippen molar-refractivity contribution in [3.63, 3.8) is 0 Å². The molecule has 1 unspecified atom stereocenters. The van der Waals surface area contributed by atoms with Gasteiger partial charge in [0.15, 0.2) is 0 Å². The van der Waals surface area contributed by atoms with Crippen LogP contribution in [0.4, 0.5) is 14.5 Å². The van der Waals surface area contributed by atoms with Crippen molar-refractivity contribution in [2.24, 2.45) is 5.73 Å². The van der Waals surface area contributed by atoms with Gasteiger partial charge in [-0.2, -0.15) is 23.5 Å². The molecule has 1 heterocycles. The minimum Gasteiger partial charge on any atom is -0.389 e. The molecule has 104 valence electrons. The number of halogens is 2. The molecule has 0 amide bonds. The van der Waals surface area contributed by atoms with Gasteiger partial charge in [0.2, 0.25) is 0 Å². The Labute approximate surface area is 124 Å². The number of rotatable bonds is 4. The van der Waals surface area contributed by atoms with Crippen molar-refractivity contribution >= 4 is 46.4 Å². The molecule has 0 bridgehead atoms. The van der Waals surface area contributed by atoms with Gasteiger partial charge in [0, 0.05) is 34.6 Å². The van der Waals surface area contributed by atoms with Crippen molar-refractivity contribution in [1.82, 2.24) is 0 Å². The van der Waals surface area contributed by atoms with Crippen LogP contribution in [-0.4, -0.2) is 34.0 Å². The third-order valence-electron chi connectivity index (χ3n) is 2.72. The summed E-state index contributed by atoms with van der Waals surface area (Å²) < 4.78 is 27.6. The Hall–Kier alpha value is -0.530. The van der Waals surface area contributed by atoms with E-state index in [0.717, 1.165) is 29.4 Å². The number of thiocarbonyl (C=S) groups is 1. The Morgan fingerprint density at radius 2 is 2.05 bits per heavy atom. The van der Waals surface area contributed by atoms with E-state index in [-0.39, 0.29) is 16.2 Å². The number of hydrogen-bond acceptors (Lipinski definition) is 4. The van der Waals surface area contributed by atoms with Gasteiger partial charge in [-0.1, -0.05) is 12.2 Å². The van der Waals surface area contributed by atoms with E-state index in [2.05, 4.69) is 5.32 Å². The highest BCUT2D eigenvalue weighted by molar-refractivity contribution is 8.06. The van der Waals surface area contributed by atoms with Crippen molar-refractivity contribution in [2.45, 2.75) is 5.25 Å². The zero-order valence-corrected chi connectivity index (χ0v) is 12.6. The number of hydrogen-bond donors (Lipinski definition) is 2. The molecule has 1 saturated heterocycles. The molecule has 2 nitrogen and oxygen atoms in total. The van der Waals surface area contributed by atoms with Crippen LogP contribution in [0.25, 0.3) is 0 Å². The van der Waals surface area contributed by atoms with Crippen LogP contribution in [0.5, 0.6) is 0 Å². The van der Waals surface area contributed by atoms with Gasteiger partial charge in [-0.05, 0) is 12.1 Å². The van der Waals surface area contributed by atoms with E-state index in [9.17, 15) is 8.78 Å². The maximum Gasteiger partial charge on any atom is 0.150 e. The second-order valence-electron chi connectivity index (χ2n) is 4.13. The van der Waals surface area contributed by atoms with Crippen LogP contribution >= 0.6 is 35.7 Å². The van der Waals surface area contributed by atoms with Gasteiger partial charge >= 0.3 is 0 Å². The van der Waals surface area contributed by atoms with Gasteiger partial charge < -0.3 is 11.1 Å². The quantitative estimate of drug-likeness (QED) is 0.835. The van der Waals surface area contributed by atoms with Crippen LogP contribution in [0.15, 0.2) is 12.1 Å². The van der Waals surface area contributed by atoms with E-state index < -0.39 is 11.6 Å². The first-order valence-electron chi connectivity index (χ1n) is 5.80. The maximum absolute atomic E-state index is 13.8. The van der Waals surface area contributed by atoms with Crippen molar-refractivity contribution in [3.8, 4) is 0 Å². The first-order valence-corrected chi connectivity index (χ1v) is 8.41. The summed E-state index contributed by atoms with van der Waals surface area (Å²) in [6.07, 6.45) is 0. The summed E-state index contributed by atoms with van der Waals surface area (Å²) in [4.78, 5) is -0.0106. The molecular formula is C12H14F2N2S3. The topological polar surface area (TPSA) is 38.0 Å². The Bertz CT molecular complexity index is 453. The SMILES string of the molecule is NC(=S)c1cc(F)c(NCC2CSCCS2)c(F)c1. The molecule has 1 fully saturated rings. The predicted molar refractivity (Wildman–Crippen MR) is 84.3 cm³/mol. The number of thioether (sulfide) groups is 2. The van der Waals surface area contributed by atoms with Crippen LogP contribution in [-0.2, 0) is 0 Å². The van der Waals surface area contributed by atoms with Crippen LogP contribution in [0.3, 0.4) is 0 Å². The molecule has 19 heavy (non-hydrogen) atoms. The van der Waals surface area contributed by atoms with E-state index in [4.69, 9.17) is 18.0 Å². The monoisotopic (exact) mass is 320 g/mol. The predicted octanol–water partition coefficient (Wildman–Crippen LogP) is 2.86. The summed E-state index contributed by atoms with van der Waals surface area (Å²) in [6, 6.07) is 2.33. The van der Waals surface area contributed by atoms with Crippen molar-refractivity contribution in [1.29, 1.82) is 0 Å². The zero-order valence-electron chi connectivity index (χ0n) is 10.1. The Balaban J connectivity index is 2.05. The standard InChI is InChI=1S/C12H14F2N2S3/c13-9-3-7(12(15)17)4-10(14)11(9)16-5-8-6-18-1-2-19-8/h3-4,8,16H,1-2,5-6H2,(H2,15,17). The molecular weight excluding hydrogens is 306 g/mol. The van der Waals surface area contributed by atoms with Crippen LogP contribution in [0, 0.1) is 11.6 Å². The fourth-order valence-electron chi connectivity index (χ4n) is 1.75. The van der Waals surface area contributed by atoms with Crippen LogP contribution < -0.4 is 11.1 Å². The fraction of sp³-hybridized carbons (Fsp3) is 0.417. The summed E-state index contributed by atoms with van der Waals surface area (Å²) in [5, 5.41) is 3.23. The molecule has 1 aromatic rings. The van der Waals surface area contributed by atoms with E-state index in [1.54, 1.807) is 0 Å². The largest absolute Gasteiger partial charge is 0.389 e. The summed E-state index contributed by atoms with van der Waals surface area (Å²) in [5.41, 5.74) is 5.47. The van der Waals surface area contributed by atoms with Gasteiger partial charge in [0.05, 0.1) is 0 Å². The highest BCUT2D eigenvalue weighted by Gasteiger charge is 2.17. The second kappa shape index (κ2) is 6.76. The molecule has 2 rings (SSSR count). The van der Waals surface area contributed by atoms with Crippen LogP contribution in [0.2, 0.25) is 0 Å². The van der Waals surface area contributed by atoms with Gasteiger partial charge in [0.25, 0.3) is 0 Å². The van der Waals surface area contributed by atoms with Gasteiger partial charge in [0.1, 0.15) is 22.3 Å². The smallest absolute Gasteiger partial charge is 0.150 e. The lowest BCUT2D eigenvalue weighted by molar-refractivity contribution is 0.587. The van der Waals surface area contributed by atoms with E-state index in [1.807, 2.05) is 23.5 Å². The summed E-state index contributed by atoms with van der Waals surface area (Å²) in [5.74, 6) is 1.92. The minimum atomic E-state index is -0.656. The summed E-state index contributed by atoms with van der Waals surface area (Å²) >= 11 is 8.41. The molecule has 1 aromatic carbocycles. The number of benzene rings is 1. The molecule has 0 radical (unpaired) electrons. The lowest BCUT2D eigenvalue weighted by Gasteiger charge is -2.22. The van der Waals surface area contributed by atoms with Gasteiger partial charge in [-0.25, -0.2) is 8.78 Å². The van der Waals surface area contributed by atoms with Crippen molar-refractivity contribution in [2.75, 3.05) is 29.1 Å². The Morgan fingerprint density at radius 3 is 2.58 bits per heavy atom. The first-order chi connectivity index (χ1) is 9.08. The maximum atomic E-state index is 13.8. The molecule has 7 heteroatoms. The lowest BCUT2D eigenvalue weighted by Crippen LogP contribution is -2.24. The van der Waals surface area contributed by atoms with Crippen molar-refractivity contribution < 1.29 is 8.78 Å². The lowest BCUT2D eigenvalue weighted by atomic mass is 10.2. The molecule has 3 N–H and O–H groups in total. The van der Waals surface area contributed by atoms with E-state index in [1.165, 1.54) is 0 Å². The fourth-order valence-corrected chi connectivity index (χ4v) is 4.48. The number of nitrogens with one attached hydrogen (secondary N) is 1. The van der Waals surface area contributed by atoms with E-state index in [0.29, 0.717) is 11.8 Å². The van der Waals surface area contributed by atoms with Gasteiger partial charge in [-0.3, -0.25) is 0 Å². The summed E-state index contributed by atoms with van der Waals surface area (Å²) in [7, 11) is 0. The van der Waals surface area contributed by atoms with Crippen LogP contribution in [0.1, 0.15) is 5.56 Å². The van der Waals surface area contributed by atoms with E-state index >= 15 is 0 Å². The molecule has 0 aromatic heterocycles. The molecule has 1 atom stereocenters. The van der Waals surface area contributed by atoms with Gasteiger partial charge in [-0.15, -0.1) is 0 Å². The summed E-state index contributed by atoms with van der Waals surface area (Å²) in [6.45, 7) is 0.553. The molecule has 0 saturated carbocycles. The molecule has 1 aliphatic rings. The zero-order chi connectivity index (χ0) is 13.8. The molecule has 0 spiro atoms. The second-order valence-corrected chi connectivity index (χ2v) is 7.13. The minimum absolute atomic E-state index is 0.0106. The number of anilines is 1. The first kappa shape index (κ1) is 14.9. The molecule has 1 aliphatic heterocycles. The third kappa shape index (κ3) is 3.97. The highest BCUT2D eigenvalue weighted by Crippen LogP contribution is 2.26. The normalized spacial score (nSPS) is 19.2. The Morgan fingerprint density at radius 1 is 1.37 bits per heavy atom. The average molecular weight is 320 g/mol. The molecule has 0 aliphatic carbocycles. The highest BCUT2D eigenvalue weighted by atomic mass is 32.2. The number of nitrogens with two attached hydrogens (primary N) is 1. The Kier molecular flexibility index (Phi) is 5.29. The van der Waals surface area contributed by atoms with Crippen molar-refractivity contribution in [3.05, 3.63) is 29.3 Å². The average Bonchev–Trinajstić information content (AvgIpc) is 2.38.